The summed E-state index contributed by atoms with van der Waals surface area (Å²) in [6.45, 7) is 8.03. The Labute approximate surface area is 135 Å². The second-order valence-corrected chi connectivity index (χ2v) is 5.88. The number of rotatable bonds is 1. The van der Waals surface area contributed by atoms with E-state index in [1.54, 1.807) is 0 Å². The Balaban J connectivity index is 0.00000180. The van der Waals surface area contributed by atoms with Crippen molar-refractivity contribution in [2.75, 3.05) is 0 Å². The fourth-order valence-electron chi connectivity index (χ4n) is 3.78. The van der Waals surface area contributed by atoms with Crippen LogP contribution in [-0.4, -0.2) is 17.8 Å². The normalized spacial score (nSPS) is 38.2. The molecule has 0 aromatic heterocycles. The molecule has 2 rings (SSSR count). The molecule has 2 fully saturated rings. The molecule has 1 saturated heterocycles. The SMILES string of the molecule is CC(C)C1CC(C)C2(C(=O)[N-]C(=O)NC2=O)C1C.[Na+]. The third kappa shape index (κ3) is 2.26. The molecule has 4 unspecified atom stereocenters. The molecule has 4 atom stereocenters. The average Bonchev–Trinajstić information content (AvgIpc) is 2.49. The summed E-state index contributed by atoms with van der Waals surface area (Å²) in [7, 11) is 0. The summed E-state index contributed by atoms with van der Waals surface area (Å²) in [6, 6.07) is -0.831. The van der Waals surface area contributed by atoms with Crippen molar-refractivity contribution in [3.05, 3.63) is 5.32 Å². The van der Waals surface area contributed by atoms with Gasteiger partial charge in [-0.1, -0.05) is 27.7 Å². The number of imide groups is 2. The molecule has 6 heteroatoms. The Morgan fingerprint density at radius 2 is 1.84 bits per heavy atom. The Kier molecular flexibility index (Phi) is 4.86. The van der Waals surface area contributed by atoms with Crippen LogP contribution in [0.1, 0.15) is 34.1 Å². The molecule has 1 heterocycles. The molecule has 2 aliphatic rings. The molecule has 0 radical (unpaired) electrons. The number of hydrogen-bond donors (Lipinski definition) is 1. The van der Waals surface area contributed by atoms with Gasteiger partial charge in [0, 0.05) is 0 Å². The van der Waals surface area contributed by atoms with Gasteiger partial charge in [0.25, 0.3) is 0 Å². The number of barbiturate groups is 1. The number of amides is 4. The summed E-state index contributed by atoms with van der Waals surface area (Å²) in [6.07, 6.45) is 0.821. The molecule has 100 valence electrons. The number of urea groups is 1. The molecule has 0 bridgehead atoms. The maximum Gasteiger partial charge on any atom is 1.00 e. The molecule has 0 aromatic rings. The van der Waals surface area contributed by atoms with E-state index in [0.29, 0.717) is 11.8 Å². The van der Waals surface area contributed by atoms with Crippen molar-refractivity contribution >= 4 is 17.8 Å². The Morgan fingerprint density at radius 3 is 2.26 bits per heavy atom. The summed E-state index contributed by atoms with van der Waals surface area (Å²) in [4.78, 5) is 35.5. The topological polar surface area (TPSA) is 77.3 Å². The molecular formula is C13H19N2NaO3. The molecule has 1 N–H and O–H groups in total. The quantitative estimate of drug-likeness (QED) is 0.496. The van der Waals surface area contributed by atoms with Gasteiger partial charge >= 0.3 is 29.6 Å². The minimum Gasteiger partial charge on any atom is -0.394 e. The van der Waals surface area contributed by atoms with Crippen molar-refractivity contribution in [1.29, 1.82) is 0 Å². The second kappa shape index (κ2) is 5.54. The van der Waals surface area contributed by atoms with E-state index >= 15 is 0 Å². The van der Waals surface area contributed by atoms with E-state index in [1.165, 1.54) is 0 Å². The van der Waals surface area contributed by atoms with Gasteiger partial charge in [-0.25, -0.2) is 0 Å². The third-order valence-corrected chi connectivity index (χ3v) is 4.77. The third-order valence-electron chi connectivity index (χ3n) is 4.77. The van der Waals surface area contributed by atoms with Crippen LogP contribution in [0.25, 0.3) is 5.32 Å². The smallest absolute Gasteiger partial charge is 0.394 e. The van der Waals surface area contributed by atoms with Crippen molar-refractivity contribution in [1.82, 2.24) is 5.32 Å². The van der Waals surface area contributed by atoms with Crippen LogP contribution in [0.15, 0.2) is 0 Å². The second-order valence-electron chi connectivity index (χ2n) is 5.88. The maximum absolute atomic E-state index is 12.2. The predicted octanol–water partition coefficient (Wildman–Crippen LogP) is -0.925. The zero-order valence-corrected chi connectivity index (χ0v) is 14.2. The number of nitrogens with one attached hydrogen (secondary N) is 1. The Hall–Kier alpha value is -0.390. The van der Waals surface area contributed by atoms with Crippen molar-refractivity contribution in [3.8, 4) is 0 Å². The summed E-state index contributed by atoms with van der Waals surface area (Å²) in [5, 5.41) is 5.65. The molecule has 4 amide bonds. The van der Waals surface area contributed by atoms with E-state index in [9.17, 15) is 14.4 Å². The minimum absolute atomic E-state index is 0. The largest absolute Gasteiger partial charge is 1.00 e. The molecule has 19 heavy (non-hydrogen) atoms. The van der Waals surface area contributed by atoms with E-state index in [2.05, 4.69) is 24.5 Å². The number of carbonyl (C=O) groups is 3. The fraction of sp³-hybridized carbons (Fsp3) is 0.769. The molecular weight excluding hydrogens is 255 g/mol. The molecule has 0 aromatic carbocycles. The fourth-order valence-corrected chi connectivity index (χ4v) is 3.78. The van der Waals surface area contributed by atoms with E-state index in [0.717, 1.165) is 6.42 Å². The summed E-state index contributed by atoms with van der Waals surface area (Å²) in [5.74, 6) is -0.477. The predicted molar refractivity (Wildman–Crippen MR) is 65.6 cm³/mol. The monoisotopic (exact) mass is 274 g/mol. The molecule has 5 nitrogen and oxygen atoms in total. The standard InChI is InChI=1S/C13H20N2O3.Na/c1-6(2)9-5-7(3)13(8(9)4)10(16)14-12(18)15-11(13)17;/h6-9H,5H2,1-4H3,(H2,14,15,16,17,18);/q;+1/p-1. The van der Waals surface area contributed by atoms with E-state index in [-0.39, 0.29) is 41.4 Å². The van der Waals surface area contributed by atoms with Crippen molar-refractivity contribution in [3.63, 3.8) is 0 Å². The first-order chi connectivity index (χ1) is 8.31. The Morgan fingerprint density at radius 1 is 1.26 bits per heavy atom. The van der Waals surface area contributed by atoms with Gasteiger partial charge in [-0.2, -0.15) is 0 Å². The summed E-state index contributed by atoms with van der Waals surface area (Å²) in [5.41, 5.74) is -1.14. The van der Waals surface area contributed by atoms with Gasteiger partial charge in [-0.15, -0.1) is 0 Å². The summed E-state index contributed by atoms with van der Waals surface area (Å²) < 4.78 is 0. The minimum atomic E-state index is -1.14. The van der Waals surface area contributed by atoms with Gasteiger partial charge in [0.1, 0.15) is 0 Å². The van der Waals surface area contributed by atoms with Crippen LogP contribution < -0.4 is 34.9 Å². The van der Waals surface area contributed by atoms with Crippen LogP contribution in [0.3, 0.4) is 0 Å². The molecule has 1 aliphatic carbocycles. The number of nitrogens with zero attached hydrogens (tertiary/aromatic N) is 1. The molecule has 1 aliphatic heterocycles. The first kappa shape index (κ1) is 16.7. The molecule has 1 saturated carbocycles. The van der Waals surface area contributed by atoms with Gasteiger partial charge < -0.3 is 10.6 Å². The van der Waals surface area contributed by atoms with Crippen LogP contribution in [-0.2, 0) is 9.59 Å². The van der Waals surface area contributed by atoms with Crippen LogP contribution in [0.5, 0.6) is 0 Å². The number of hydrogen-bond acceptors (Lipinski definition) is 3. The van der Waals surface area contributed by atoms with Crippen molar-refractivity contribution < 1.29 is 43.9 Å². The van der Waals surface area contributed by atoms with Crippen molar-refractivity contribution in [2.24, 2.45) is 29.1 Å². The average molecular weight is 274 g/mol. The van der Waals surface area contributed by atoms with Crippen molar-refractivity contribution in [2.45, 2.75) is 34.1 Å². The van der Waals surface area contributed by atoms with Gasteiger partial charge in [-0.3, -0.25) is 14.4 Å². The zero-order chi connectivity index (χ0) is 13.7. The zero-order valence-electron chi connectivity index (χ0n) is 12.2. The van der Waals surface area contributed by atoms with Crippen LogP contribution >= 0.6 is 0 Å². The van der Waals surface area contributed by atoms with Gasteiger partial charge in [0.05, 0.1) is 5.41 Å². The number of carbonyl (C=O) groups excluding carboxylic acids is 3. The van der Waals surface area contributed by atoms with E-state index in [4.69, 9.17) is 0 Å². The van der Waals surface area contributed by atoms with E-state index < -0.39 is 23.3 Å². The summed E-state index contributed by atoms with van der Waals surface area (Å²) >= 11 is 0. The first-order valence-electron chi connectivity index (χ1n) is 6.43. The first-order valence-corrected chi connectivity index (χ1v) is 6.43. The van der Waals surface area contributed by atoms with Crippen LogP contribution in [0.2, 0.25) is 0 Å². The molecule has 1 spiro atoms. The van der Waals surface area contributed by atoms with Crippen LogP contribution in [0.4, 0.5) is 4.79 Å². The van der Waals surface area contributed by atoms with E-state index in [1.807, 2.05) is 13.8 Å². The van der Waals surface area contributed by atoms with Crippen LogP contribution in [0, 0.1) is 29.1 Å². The maximum atomic E-state index is 12.2. The van der Waals surface area contributed by atoms with Gasteiger partial charge in [0.2, 0.25) is 0 Å². The Bertz CT molecular complexity index is 402. The van der Waals surface area contributed by atoms with Gasteiger partial charge in [-0.05, 0) is 30.1 Å². The van der Waals surface area contributed by atoms with Gasteiger partial charge in [0.15, 0.2) is 17.8 Å².